The SMILES string of the molecule is Cc1cc(F)cc(C(=O)NCC(Cl)c2ccccc2)c1. The van der Waals surface area contributed by atoms with Gasteiger partial charge in [-0.05, 0) is 36.2 Å². The summed E-state index contributed by atoms with van der Waals surface area (Å²) < 4.78 is 13.2. The van der Waals surface area contributed by atoms with E-state index in [1.807, 2.05) is 30.3 Å². The summed E-state index contributed by atoms with van der Waals surface area (Å²) in [4.78, 5) is 11.9. The maximum Gasteiger partial charge on any atom is 0.251 e. The molecule has 0 aliphatic carbocycles. The minimum atomic E-state index is -0.416. The van der Waals surface area contributed by atoms with Crippen molar-refractivity contribution in [3.05, 3.63) is 71.0 Å². The zero-order valence-corrected chi connectivity index (χ0v) is 11.8. The maximum absolute atomic E-state index is 13.2. The number of benzene rings is 2. The number of halogens is 2. The lowest BCUT2D eigenvalue weighted by atomic mass is 10.1. The molecule has 1 unspecified atom stereocenters. The third-order valence-corrected chi connectivity index (χ3v) is 3.31. The van der Waals surface area contributed by atoms with Crippen LogP contribution in [-0.2, 0) is 0 Å². The van der Waals surface area contributed by atoms with Gasteiger partial charge >= 0.3 is 0 Å². The maximum atomic E-state index is 13.2. The number of alkyl halides is 1. The van der Waals surface area contributed by atoms with Crippen LogP contribution in [0.25, 0.3) is 0 Å². The Labute approximate surface area is 122 Å². The van der Waals surface area contributed by atoms with Crippen LogP contribution in [0.4, 0.5) is 4.39 Å². The van der Waals surface area contributed by atoms with Crippen LogP contribution in [-0.4, -0.2) is 12.5 Å². The molecule has 0 saturated heterocycles. The predicted molar refractivity (Wildman–Crippen MR) is 78.5 cm³/mol. The molecule has 20 heavy (non-hydrogen) atoms. The smallest absolute Gasteiger partial charge is 0.251 e. The second-order valence-electron chi connectivity index (χ2n) is 4.61. The molecule has 0 saturated carbocycles. The van der Waals surface area contributed by atoms with Crippen LogP contribution in [0.15, 0.2) is 48.5 Å². The summed E-state index contributed by atoms with van der Waals surface area (Å²) in [6, 6.07) is 13.7. The summed E-state index contributed by atoms with van der Waals surface area (Å²) in [5, 5.41) is 2.40. The number of nitrogens with one attached hydrogen (secondary N) is 1. The van der Waals surface area contributed by atoms with Gasteiger partial charge in [0.2, 0.25) is 0 Å². The number of hydrogen-bond acceptors (Lipinski definition) is 1. The molecule has 2 rings (SSSR count). The van der Waals surface area contributed by atoms with Crippen LogP contribution in [0.3, 0.4) is 0 Å². The molecule has 0 aliphatic rings. The summed E-state index contributed by atoms with van der Waals surface area (Å²) in [6.07, 6.45) is 0. The van der Waals surface area contributed by atoms with E-state index in [4.69, 9.17) is 11.6 Å². The molecule has 0 aliphatic heterocycles. The van der Waals surface area contributed by atoms with E-state index in [9.17, 15) is 9.18 Å². The molecule has 0 fully saturated rings. The van der Waals surface area contributed by atoms with Crippen LogP contribution in [0.5, 0.6) is 0 Å². The van der Waals surface area contributed by atoms with Crippen molar-refractivity contribution >= 4 is 17.5 Å². The highest BCUT2D eigenvalue weighted by Crippen LogP contribution is 2.19. The van der Waals surface area contributed by atoms with Gasteiger partial charge in [0, 0.05) is 12.1 Å². The van der Waals surface area contributed by atoms with Crippen LogP contribution >= 0.6 is 11.6 Å². The topological polar surface area (TPSA) is 29.1 Å². The first-order valence-corrected chi connectivity index (χ1v) is 6.74. The first-order valence-electron chi connectivity index (χ1n) is 6.30. The Morgan fingerprint density at radius 2 is 1.95 bits per heavy atom. The standard InChI is InChI=1S/C16H15ClFNO/c1-11-7-13(9-14(18)8-11)16(20)19-10-15(17)12-5-3-2-4-6-12/h2-9,15H,10H2,1H3,(H,19,20). The van der Waals surface area contributed by atoms with Gasteiger partial charge in [-0.1, -0.05) is 30.3 Å². The Kier molecular flexibility index (Phi) is 4.74. The van der Waals surface area contributed by atoms with Crippen molar-refractivity contribution in [2.24, 2.45) is 0 Å². The van der Waals surface area contributed by atoms with Crippen molar-refractivity contribution < 1.29 is 9.18 Å². The summed E-state index contributed by atoms with van der Waals surface area (Å²) in [5.41, 5.74) is 1.95. The molecule has 0 heterocycles. The molecule has 1 amide bonds. The van der Waals surface area contributed by atoms with Gasteiger partial charge in [-0.15, -0.1) is 11.6 Å². The lowest BCUT2D eigenvalue weighted by Gasteiger charge is -2.11. The zero-order chi connectivity index (χ0) is 14.5. The Hall–Kier alpha value is -1.87. The van der Waals surface area contributed by atoms with Gasteiger partial charge in [-0.3, -0.25) is 4.79 Å². The van der Waals surface area contributed by atoms with Crippen molar-refractivity contribution in [2.75, 3.05) is 6.54 Å². The molecule has 0 bridgehead atoms. The summed E-state index contributed by atoms with van der Waals surface area (Å²) in [7, 11) is 0. The molecule has 0 spiro atoms. The van der Waals surface area contributed by atoms with Crippen molar-refractivity contribution in [2.45, 2.75) is 12.3 Å². The highest BCUT2D eigenvalue weighted by molar-refractivity contribution is 6.21. The largest absolute Gasteiger partial charge is 0.350 e. The van der Waals surface area contributed by atoms with E-state index in [0.29, 0.717) is 17.7 Å². The van der Waals surface area contributed by atoms with Crippen LogP contribution in [0, 0.1) is 12.7 Å². The lowest BCUT2D eigenvalue weighted by Crippen LogP contribution is -2.27. The van der Waals surface area contributed by atoms with Gasteiger partial charge in [0.05, 0.1) is 5.38 Å². The van der Waals surface area contributed by atoms with E-state index < -0.39 is 5.82 Å². The van der Waals surface area contributed by atoms with E-state index in [-0.39, 0.29) is 11.3 Å². The number of hydrogen-bond donors (Lipinski definition) is 1. The zero-order valence-electron chi connectivity index (χ0n) is 11.1. The van der Waals surface area contributed by atoms with Crippen LogP contribution in [0.2, 0.25) is 0 Å². The predicted octanol–water partition coefficient (Wildman–Crippen LogP) is 3.84. The first kappa shape index (κ1) is 14.5. The van der Waals surface area contributed by atoms with E-state index in [2.05, 4.69) is 5.32 Å². The van der Waals surface area contributed by atoms with Crippen molar-refractivity contribution in [1.29, 1.82) is 0 Å². The normalized spacial score (nSPS) is 11.9. The second-order valence-corrected chi connectivity index (χ2v) is 5.13. The first-order chi connectivity index (χ1) is 9.56. The average Bonchev–Trinajstić information content (AvgIpc) is 2.44. The van der Waals surface area contributed by atoms with Crippen LogP contribution in [0.1, 0.15) is 26.9 Å². The van der Waals surface area contributed by atoms with Crippen molar-refractivity contribution in [1.82, 2.24) is 5.32 Å². The molecule has 2 aromatic rings. The lowest BCUT2D eigenvalue weighted by molar-refractivity contribution is 0.0953. The van der Waals surface area contributed by atoms with E-state index in [1.165, 1.54) is 12.1 Å². The number of amides is 1. The van der Waals surface area contributed by atoms with E-state index >= 15 is 0 Å². The number of carbonyl (C=O) groups excluding carboxylic acids is 1. The monoisotopic (exact) mass is 291 g/mol. The Balaban J connectivity index is 1.98. The molecule has 4 heteroatoms. The fraction of sp³-hybridized carbons (Fsp3) is 0.188. The van der Waals surface area contributed by atoms with Gasteiger partial charge in [-0.25, -0.2) is 4.39 Å². The van der Waals surface area contributed by atoms with Crippen molar-refractivity contribution in [3.63, 3.8) is 0 Å². The van der Waals surface area contributed by atoms with E-state index in [0.717, 1.165) is 5.56 Å². The Bertz CT molecular complexity index is 580. The molecule has 0 radical (unpaired) electrons. The van der Waals surface area contributed by atoms with Gasteiger partial charge in [0.15, 0.2) is 0 Å². The number of rotatable bonds is 4. The molecule has 104 valence electrons. The average molecular weight is 292 g/mol. The minimum Gasteiger partial charge on any atom is -0.350 e. The van der Waals surface area contributed by atoms with Gasteiger partial charge < -0.3 is 5.32 Å². The Morgan fingerprint density at radius 1 is 1.25 bits per heavy atom. The van der Waals surface area contributed by atoms with Gasteiger partial charge in [0.1, 0.15) is 5.82 Å². The third-order valence-electron chi connectivity index (χ3n) is 2.91. The summed E-state index contributed by atoms with van der Waals surface area (Å²) in [6.45, 7) is 2.04. The fourth-order valence-electron chi connectivity index (χ4n) is 1.93. The number of aryl methyl sites for hydroxylation is 1. The highest BCUT2D eigenvalue weighted by atomic mass is 35.5. The second kappa shape index (κ2) is 6.53. The molecule has 1 atom stereocenters. The molecule has 1 N–H and O–H groups in total. The van der Waals surface area contributed by atoms with Gasteiger partial charge in [0.25, 0.3) is 5.91 Å². The van der Waals surface area contributed by atoms with Gasteiger partial charge in [-0.2, -0.15) is 0 Å². The fourth-order valence-corrected chi connectivity index (χ4v) is 2.15. The molecule has 0 aromatic heterocycles. The molecular weight excluding hydrogens is 277 g/mol. The third kappa shape index (κ3) is 3.81. The molecule has 2 aromatic carbocycles. The Morgan fingerprint density at radius 3 is 2.60 bits per heavy atom. The van der Waals surface area contributed by atoms with Crippen LogP contribution < -0.4 is 5.32 Å². The molecule has 2 nitrogen and oxygen atoms in total. The van der Waals surface area contributed by atoms with E-state index in [1.54, 1.807) is 13.0 Å². The van der Waals surface area contributed by atoms with Crippen molar-refractivity contribution in [3.8, 4) is 0 Å². The summed E-state index contributed by atoms with van der Waals surface area (Å²) in [5.74, 6) is -0.741. The number of carbonyl (C=O) groups is 1. The summed E-state index contributed by atoms with van der Waals surface area (Å²) >= 11 is 6.21. The highest BCUT2D eigenvalue weighted by Gasteiger charge is 2.11. The minimum absolute atomic E-state index is 0.292. The molecular formula is C16H15ClFNO. The quantitative estimate of drug-likeness (QED) is 0.852.